The summed E-state index contributed by atoms with van der Waals surface area (Å²) in [4.78, 5) is 30.6. The van der Waals surface area contributed by atoms with E-state index in [0.717, 1.165) is 46.0 Å². The summed E-state index contributed by atoms with van der Waals surface area (Å²) in [6.45, 7) is 7.12. The van der Waals surface area contributed by atoms with Gasteiger partial charge < -0.3 is 9.55 Å². The molecule has 0 aliphatic rings. The molecule has 2 aromatic heterocycles. The highest BCUT2D eigenvalue weighted by Crippen LogP contribution is 2.26. The van der Waals surface area contributed by atoms with E-state index in [9.17, 15) is 9.59 Å². The van der Waals surface area contributed by atoms with Gasteiger partial charge in [0.25, 0.3) is 0 Å². The molecule has 5 rings (SSSR count). The maximum Gasteiger partial charge on any atom is 0.197 e. The predicted octanol–water partition coefficient (Wildman–Crippen LogP) is 8.30. The minimum absolute atomic E-state index is 0.0143. The largest absolute Gasteiger partial charge is 0.354 e. The molecule has 0 radical (unpaired) electrons. The Balaban J connectivity index is 1.55. The SMILES string of the molecule is CCCCCCCCCCCn1c2ccc(C)cc2c(=O)c2cc3[nH]c4ccc(C)cc4c(=O)c3cc21. The van der Waals surface area contributed by atoms with Crippen molar-refractivity contribution in [1.29, 1.82) is 0 Å². The fourth-order valence-electron chi connectivity index (χ4n) is 5.69. The maximum atomic E-state index is 13.6. The van der Waals surface area contributed by atoms with Crippen molar-refractivity contribution in [1.82, 2.24) is 9.55 Å². The van der Waals surface area contributed by atoms with E-state index in [-0.39, 0.29) is 10.9 Å². The summed E-state index contributed by atoms with van der Waals surface area (Å²) < 4.78 is 2.27. The minimum Gasteiger partial charge on any atom is -0.354 e. The molecule has 0 amide bonds. The Kier molecular flexibility index (Phi) is 7.45. The third-order valence-corrected chi connectivity index (χ3v) is 7.78. The number of aromatic amines is 1. The van der Waals surface area contributed by atoms with Crippen molar-refractivity contribution >= 4 is 43.6 Å². The molecule has 37 heavy (non-hydrogen) atoms. The second kappa shape index (κ2) is 10.9. The van der Waals surface area contributed by atoms with E-state index in [4.69, 9.17) is 0 Å². The molecule has 5 aromatic rings. The number of benzene rings is 3. The van der Waals surface area contributed by atoms with Gasteiger partial charge in [0, 0.05) is 33.6 Å². The number of fused-ring (bicyclic) bond motifs is 4. The lowest BCUT2D eigenvalue weighted by Crippen LogP contribution is -2.13. The van der Waals surface area contributed by atoms with Crippen molar-refractivity contribution in [2.24, 2.45) is 0 Å². The van der Waals surface area contributed by atoms with Crippen molar-refractivity contribution < 1.29 is 0 Å². The lowest BCUT2D eigenvalue weighted by atomic mass is 10.0. The Morgan fingerprint density at radius 3 is 1.89 bits per heavy atom. The van der Waals surface area contributed by atoms with Crippen molar-refractivity contribution in [3.63, 3.8) is 0 Å². The predicted molar refractivity (Wildman–Crippen MR) is 158 cm³/mol. The Labute approximate surface area is 218 Å². The zero-order valence-corrected chi connectivity index (χ0v) is 22.5. The van der Waals surface area contributed by atoms with Crippen LogP contribution in [-0.2, 0) is 6.54 Å². The van der Waals surface area contributed by atoms with Crippen LogP contribution in [0.2, 0.25) is 0 Å². The van der Waals surface area contributed by atoms with Gasteiger partial charge in [0.1, 0.15) is 0 Å². The monoisotopic (exact) mass is 494 g/mol. The summed E-state index contributed by atoms with van der Waals surface area (Å²) in [5.74, 6) is 0. The van der Waals surface area contributed by atoms with Crippen molar-refractivity contribution in [3.05, 3.63) is 80.1 Å². The Morgan fingerprint density at radius 1 is 0.595 bits per heavy atom. The van der Waals surface area contributed by atoms with Gasteiger partial charge in [-0.15, -0.1) is 0 Å². The van der Waals surface area contributed by atoms with Gasteiger partial charge in [0.2, 0.25) is 0 Å². The zero-order chi connectivity index (χ0) is 25.9. The highest BCUT2D eigenvalue weighted by atomic mass is 16.1. The smallest absolute Gasteiger partial charge is 0.197 e. The summed E-state index contributed by atoms with van der Waals surface area (Å²) in [5, 5.41) is 2.75. The molecule has 0 atom stereocenters. The van der Waals surface area contributed by atoms with E-state index < -0.39 is 0 Å². The molecule has 0 saturated carbocycles. The number of nitrogens with one attached hydrogen (secondary N) is 1. The number of hydrogen-bond acceptors (Lipinski definition) is 2. The minimum atomic E-state index is 0.0143. The van der Waals surface area contributed by atoms with Gasteiger partial charge >= 0.3 is 0 Å². The Hall–Kier alpha value is -3.40. The first-order chi connectivity index (χ1) is 18.0. The lowest BCUT2D eigenvalue weighted by Gasteiger charge is -2.17. The van der Waals surface area contributed by atoms with Crippen LogP contribution in [0.1, 0.15) is 75.8 Å². The van der Waals surface area contributed by atoms with E-state index >= 15 is 0 Å². The third kappa shape index (κ3) is 5.07. The van der Waals surface area contributed by atoms with Gasteiger partial charge in [0.15, 0.2) is 10.9 Å². The number of H-pyrrole nitrogens is 1. The van der Waals surface area contributed by atoms with Crippen LogP contribution < -0.4 is 10.9 Å². The summed E-state index contributed by atoms with van der Waals surface area (Å²) >= 11 is 0. The van der Waals surface area contributed by atoms with Gasteiger partial charge in [-0.1, -0.05) is 81.5 Å². The van der Waals surface area contributed by atoms with Crippen LogP contribution in [-0.4, -0.2) is 9.55 Å². The van der Waals surface area contributed by atoms with Gasteiger partial charge in [0.05, 0.1) is 16.6 Å². The van der Waals surface area contributed by atoms with Crippen LogP contribution in [0.25, 0.3) is 43.6 Å². The first kappa shape index (κ1) is 25.3. The summed E-state index contributed by atoms with van der Waals surface area (Å²) in [6.07, 6.45) is 11.4. The zero-order valence-electron chi connectivity index (χ0n) is 22.5. The second-order valence-corrected chi connectivity index (χ2v) is 10.7. The second-order valence-electron chi connectivity index (χ2n) is 10.7. The van der Waals surface area contributed by atoms with Crippen LogP contribution in [0.3, 0.4) is 0 Å². The Bertz CT molecular complexity index is 1710. The molecule has 0 bridgehead atoms. The van der Waals surface area contributed by atoms with E-state index in [1.54, 1.807) is 0 Å². The van der Waals surface area contributed by atoms with Gasteiger partial charge in [-0.2, -0.15) is 0 Å². The van der Waals surface area contributed by atoms with E-state index in [0.29, 0.717) is 21.7 Å². The summed E-state index contributed by atoms with van der Waals surface area (Å²) in [5.41, 5.74) is 5.50. The highest BCUT2D eigenvalue weighted by molar-refractivity contribution is 6.03. The van der Waals surface area contributed by atoms with E-state index in [1.807, 2.05) is 50.2 Å². The molecule has 4 nitrogen and oxygen atoms in total. The molecule has 0 unspecified atom stereocenters. The average molecular weight is 495 g/mol. The van der Waals surface area contributed by atoms with Crippen molar-refractivity contribution in [2.45, 2.75) is 85.1 Å². The van der Waals surface area contributed by atoms with Crippen LogP contribution in [0, 0.1) is 13.8 Å². The van der Waals surface area contributed by atoms with E-state index in [1.165, 1.54) is 51.4 Å². The number of aromatic nitrogens is 2. The molecule has 0 saturated heterocycles. The number of aryl methyl sites for hydroxylation is 3. The van der Waals surface area contributed by atoms with Crippen LogP contribution in [0.5, 0.6) is 0 Å². The molecular formula is C33H38N2O2. The maximum absolute atomic E-state index is 13.6. The highest BCUT2D eigenvalue weighted by Gasteiger charge is 2.15. The van der Waals surface area contributed by atoms with Crippen LogP contribution in [0.15, 0.2) is 58.1 Å². The summed E-state index contributed by atoms with van der Waals surface area (Å²) in [7, 11) is 0. The molecule has 0 aliphatic heterocycles. The number of unbranched alkanes of at least 4 members (excludes halogenated alkanes) is 8. The molecule has 0 fully saturated rings. The Morgan fingerprint density at radius 2 is 1.16 bits per heavy atom. The standard InChI is InChI=1S/C33H38N2O2/c1-4-5-6-7-8-9-10-11-12-17-35-30-16-14-23(3)19-26(30)33(37)27-20-29-25(21-31(27)35)32(36)24-18-22(2)13-15-28(24)34-29/h13-16,18-21H,4-12,17H2,1-3H3,(H,34,36). The topological polar surface area (TPSA) is 54.9 Å². The molecular weight excluding hydrogens is 456 g/mol. The number of rotatable bonds is 10. The fraction of sp³-hybridized carbons (Fsp3) is 0.394. The van der Waals surface area contributed by atoms with E-state index in [2.05, 4.69) is 28.6 Å². The van der Waals surface area contributed by atoms with Crippen molar-refractivity contribution in [2.75, 3.05) is 0 Å². The first-order valence-corrected chi connectivity index (χ1v) is 14.0. The molecule has 3 aromatic carbocycles. The van der Waals surface area contributed by atoms with Gasteiger partial charge in [-0.05, 0) is 56.7 Å². The fourth-order valence-corrected chi connectivity index (χ4v) is 5.69. The number of nitrogens with zero attached hydrogens (tertiary/aromatic N) is 1. The number of hydrogen-bond donors (Lipinski definition) is 1. The van der Waals surface area contributed by atoms with Crippen LogP contribution >= 0.6 is 0 Å². The average Bonchev–Trinajstić information content (AvgIpc) is 2.89. The normalized spacial score (nSPS) is 11.9. The van der Waals surface area contributed by atoms with Gasteiger partial charge in [-0.25, -0.2) is 0 Å². The molecule has 0 spiro atoms. The van der Waals surface area contributed by atoms with Gasteiger partial charge in [-0.3, -0.25) is 9.59 Å². The molecule has 1 N–H and O–H groups in total. The quantitative estimate of drug-likeness (QED) is 0.157. The molecule has 4 heteroatoms. The molecule has 2 heterocycles. The first-order valence-electron chi connectivity index (χ1n) is 14.0. The molecule has 192 valence electrons. The lowest BCUT2D eigenvalue weighted by molar-refractivity contribution is 0.546. The number of pyridine rings is 2. The summed E-state index contributed by atoms with van der Waals surface area (Å²) in [6, 6.07) is 15.9. The van der Waals surface area contributed by atoms with Crippen LogP contribution in [0.4, 0.5) is 0 Å². The van der Waals surface area contributed by atoms with Crippen molar-refractivity contribution in [3.8, 4) is 0 Å². The third-order valence-electron chi connectivity index (χ3n) is 7.78. The molecule has 0 aliphatic carbocycles.